The SMILES string of the molecule is Cc1cccc(C(=O)N(C)CC(O)C2CC2)c1F. The Hall–Kier alpha value is -1.42. The van der Waals surface area contributed by atoms with Crippen LogP contribution in [0.2, 0.25) is 0 Å². The van der Waals surface area contributed by atoms with Gasteiger partial charge in [0.25, 0.3) is 5.91 Å². The van der Waals surface area contributed by atoms with Gasteiger partial charge >= 0.3 is 0 Å². The van der Waals surface area contributed by atoms with Crippen molar-refractivity contribution in [3.63, 3.8) is 0 Å². The highest BCUT2D eigenvalue weighted by Crippen LogP contribution is 2.32. The summed E-state index contributed by atoms with van der Waals surface area (Å²) in [6.45, 7) is 1.89. The van der Waals surface area contributed by atoms with E-state index < -0.39 is 11.9 Å². The van der Waals surface area contributed by atoms with Crippen LogP contribution in [0.15, 0.2) is 18.2 Å². The monoisotopic (exact) mass is 251 g/mol. The quantitative estimate of drug-likeness (QED) is 0.889. The van der Waals surface area contributed by atoms with Crippen molar-refractivity contribution in [2.45, 2.75) is 25.9 Å². The van der Waals surface area contributed by atoms with E-state index in [4.69, 9.17) is 0 Å². The van der Waals surface area contributed by atoms with E-state index in [2.05, 4.69) is 0 Å². The number of halogens is 1. The van der Waals surface area contributed by atoms with Crippen LogP contribution in [0.3, 0.4) is 0 Å². The molecule has 1 amide bonds. The van der Waals surface area contributed by atoms with Crippen molar-refractivity contribution >= 4 is 5.91 Å². The average Bonchev–Trinajstić information content (AvgIpc) is 3.15. The highest BCUT2D eigenvalue weighted by molar-refractivity contribution is 5.94. The normalized spacial score (nSPS) is 16.4. The first-order chi connectivity index (χ1) is 8.50. The average molecular weight is 251 g/mol. The Morgan fingerprint density at radius 3 is 2.83 bits per heavy atom. The number of likely N-dealkylation sites (N-methyl/N-ethyl adjacent to an activating group) is 1. The highest BCUT2D eigenvalue weighted by atomic mass is 19.1. The molecule has 1 unspecified atom stereocenters. The summed E-state index contributed by atoms with van der Waals surface area (Å²) in [6, 6.07) is 4.77. The molecule has 0 radical (unpaired) electrons. The Morgan fingerprint density at radius 2 is 2.22 bits per heavy atom. The lowest BCUT2D eigenvalue weighted by atomic mass is 10.1. The zero-order chi connectivity index (χ0) is 13.3. The fourth-order valence-electron chi connectivity index (χ4n) is 2.01. The molecule has 3 nitrogen and oxygen atoms in total. The predicted octanol–water partition coefficient (Wildman–Crippen LogP) is 1.98. The number of benzene rings is 1. The summed E-state index contributed by atoms with van der Waals surface area (Å²) >= 11 is 0. The summed E-state index contributed by atoms with van der Waals surface area (Å²) in [5, 5.41) is 9.79. The number of carbonyl (C=O) groups excluding carboxylic acids is 1. The van der Waals surface area contributed by atoms with Gasteiger partial charge < -0.3 is 10.0 Å². The summed E-state index contributed by atoms with van der Waals surface area (Å²) < 4.78 is 13.8. The van der Waals surface area contributed by atoms with Crippen molar-refractivity contribution in [1.82, 2.24) is 4.90 Å². The molecule has 1 aromatic rings. The second-order valence-corrected chi connectivity index (χ2v) is 5.03. The molecule has 4 heteroatoms. The molecule has 1 saturated carbocycles. The fraction of sp³-hybridized carbons (Fsp3) is 0.500. The van der Waals surface area contributed by atoms with E-state index in [0.717, 1.165) is 12.8 Å². The Balaban J connectivity index is 2.07. The zero-order valence-electron chi connectivity index (χ0n) is 10.7. The smallest absolute Gasteiger partial charge is 0.256 e. The third-order valence-corrected chi connectivity index (χ3v) is 3.40. The van der Waals surface area contributed by atoms with Gasteiger partial charge in [-0.05, 0) is 37.3 Å². The highest BCUT2D eigenvalue weighted by Gasteiger charge is 2.31. The molecule has 1 atom stereocenters. The molecule has 98 valence electrons. The van der Waals surface area contributed by atoms with Crippen LogP contribution in [0.4, 0.5) is 4.39 Å². The zero-order valence-corrected chi connectivity index (χ0v) is 10.7. The van der Waals surface area contributed by atoms with Crippen LogP contribution in [0.5, 0.6) is 0 Å². The van der Waals surface area contributed by atoms with Crippen LogP contribution in [0.25, 0.3) is 0 Å². The Morgan fingerprint density at radius 1 is 1.56 bits per heavy atom. The predicted molar refractivity (Wildman–Crippen MR) is 66.8 cm³/mol. The lowest BCUT2D eigenvalue weighted by Crippen LogP contribution is -2.35. The summed E-state index contributed by atoms with van der Waals surface area (Å²) in [5.41, 5.74) is 0.525. The van der Waals surface area contributed by atoms with Crippen LogP contribution in [-0.4, -0.2) is 35.6 Å². The molecule has 1 aliphatic carbocycles. The van der Waals surface area contributed by atoms with Gasteiger partial charge in [0.2, 0.25) is 0 Å². The molecule has 0 aliphatic heterocycles. The molecular weight excluding hydrogens is 233 g/mol. The van der Waals surface area contributed by atoms with Crippen molar-refractivity contribution in [1.29, 1.82) is 0 Å². The van der Waals surface area contributed by atoms with Gasteiger partial charge in [0.15, 0.2) is 0 Å². The molecule has 1 fully saturated rings. The van der Waals surface area contributed by atoms with E-state index in [-0.39, 0.29) is 18.0 Å². The number of hydrogen-bond donors (Lipinski definition) is 1. The molecule has 0 saturated heterocycles. The van der Waals surface area contributed by atoms with Crippen molar-refractivity contribution < 1.29 is 14.3 Å². The number of aliphatic hydroxyl groups is 1. The van der Waals surface area contributed by atoms with Crippen molar-refractivity contribution in [2.75, 3.05) is 13.6 Å². The Kier molecular flexibility index (Phi) is 3.66. The van der Waals surface area contributed by atoms with Gasteiger partial charge in [-0.1, -0.05) is 12.1 Å². The summed E-state index contributed by atoms with van der Waals surface area (Å²) in [6.07, 6.45) is 1.54. The maximum absolute atomic E-state index is 13.8. The van der Waals surface area contributed by atoms with Crippen molar-refractivity contribution in [2.24, 2.45) is 5.92 Å². The minimum atomic E-state index is -0.494. The number of amides is 1. The molecule has 1 N–H and O–H groups in total. The fourth-order valence-corrected chi connectivity index (χ4v) is 2.01. The second kappa shape index (κ2) is 5.06. The van der Waals surface area contributed by atoms with Crippen LogP contribution in [-0.2, 0) is 0 Å². The van der Waals surface area contributed by atoms with Gasteiger partial charge in [-0.25, -0.2) is 4.39 Å². The lowest BCUT2D eigenvalue weighted by Gasteiger charge is -2.21. The number of aliphatic hydroxyl groups excluding tert-OH is 1. The lowest BCUT2D eigenvalue weighted by molar-refractivity contribution is 0.0641. The third kappa shape index (κ3) is 2.70. The van der Waals surface area contributed by atoms with E-state index in [1.54, 1.807) is 26.1 Å². The molecule has 1 aliphatic rings. The van der Waals surface area contributed by atoms with E-state index in [0.29, 0.717) is 11.5 Å². The van der Waals surface area contributed by atoms with E-state index in [1.807, 2.05) is 0 Å². The van der Waals surface area contributed by atoms with E-state index in [9.17, 15) is 14.3 Å². The van der Waals surface area contributed by atoms with Crippen molar-refractivity contribution in [3.05, 3.63) is 35.1 Å². The number of rotatable bonds is 4. The first-order valence-electron chi connectivity index (χ1n) is 6.19. The first kappa shape index (κ1) is 13.0. The molecule has 0 aromatic heterocycles. The molecule has 2 rings (SSSR count). The Labute approximate surface area is 106 Å². The molecule has 18 heavy (non-hydrogen) atoms. The van der Waals surface area contributed by atoms with Crippen LogP contribution in [0, 0.1) is 18.7 Å². The summed E-state index contributed by atoms with van der Waals surface area (Å²) in [7, 11) is 1.59. The van der Waals surface area contributed by atoms with Gasteiger partial charge in [0, 0.05) is 13.6 Å². The van der Waals surface area contributed by atoms with Gasteiger partial charge in [-0.3, -0.25) is 4.79 Å². The topological polar surface area (TPSA) is 40.5 Å². The minimum absolute atomic E-state index is 0.0699. The summed E-state index contributed by atoms with van der Waals surface area (Å²) in [5.74, 6) is -0.547. The molecule has 0 spiro atoms. The first-order valence-corrected chi connectivity index (χ1v) is 6.19. The number of carbonyl (C=O) groups is 1. The van der Waals surface area contributed by atoms with E-state index in [1.165, 1.54) is 11.0 Å². The van der Waals surface area contributed by atoms with Crippen LogP contribution >= 0.6 is 0 Å². The maximum Gasteiger partial charge on any atom is 0.256 e. The van der Waals surface area contributed by atoms with Crippen LogP contribution in [0.1, 0.15) is 28.8 Å². The van der Waals surface area contributed by atoms with Crippen LogP contribution < -0.4 is 0 Å². The third-order valence-electron chi connectivity index (χ3n) is 3.40. The van der Waals surface area contributed by atoms with Gasteiger partial charge in [0.05, 0.1) is 11.7 Å². The summed E-state index contributed by atoms with van der Waals surface area (Å²) in [4.78, 5) is 13.5. The minimum Gasteiger partial charge on any atom is -0.391 e. The van der Waals surface area contributed by atoms with Gasteiger partial charge in [-0.2, -0.15) is 0 Å². The molecule has 0 bridgehead atoms. The van der Waals surface area contributed by atoms with Gasteiger partial charge in [-0.15, -0.1) is 0 Å². The number of aryl methyl sites for hydroxylation is 1. The molecule has 1 aromatic carbocycles. The molecule has 0 heterocycles. The van der Waals surface area contributed by atoms with Gasteiger partial charge in [0.1, 0.15) is 5.82 Å². The maximum atomic E-state index is 13.8. The largest absolute Gasteiger partial charge is 0.391 e. The number of hydrogen-bond acceptors (Lipinski definition) is 2. The van der Waals surface area contributed by atoms with Crippen molar-refractivity contribution in [3.8, 4) is 0 Å². The second-order valence-electron chi connectivity index (χ2n) is 5.03. The molecular formula is C14H18FNO2. The Bertz CT molecular complexity index is 457. The number of nitrogens with zero attached hydrogens (tertiary/aromatic N) is 1. The van der Waals surface area contributed by atoms with E-state index >= 15 is 0 Å². The standard InChI is InChI=1S/C14H18FNO2/c1-9-4-3-5-11(13(9)15)14(18)16(2)8-12(17)10-6-7-10/h3-5,10,12,17H,6-8H2,1-2H3.